The summed E-state index contributed by atoms with van der Waals surface area (Å²) in [7, 11) is 0. The Labute approximate surface area is 214 Å². The van der Waals surface area contributed by atoms with E-state index < -0.39 is 0 Å². The minimum Gasteiger partial charge on any atom is -0.309 e. The maximum atomic E-state index is 5.08. The minimum absolute atomic E-state index is 1.03. The van der Waals surface area contributed by atoms with Crippen LogP contribution in [0.3, 0.4) is 0 Å². The Kier molecular flexibility index (Phi) is 3.10. The van der Waals surface area contributed by atoms with Crippen molar-refractivity contribution in [3.8, 4) is 10.8 Å². The van der Waals surface area contributed by atoms with Gasteiger partial charge in [-0.15, -0.1) is 0 Å². The summed E-state index contributed by atoms with van der Waals surface area (Å²) in [4.78, 5) is 5.08. The van der Waals surface area contributed by atoms with E-state index in [4.69, 9.17) is 4.98 Å². The Balaban J connectivity index is 1.49. The lowest BCUT2D eigenvalue weighted by molar-refractivity contribution is 1.15. The smallest absolute Gasteiger partial charge is 0.195 e. The van der Waals surface area contributed by atoms with Crippen molar-refractivity contribution in [2.24, 2.45) is 0 Å². The molecular weight excluding hydrogens is 470 g/mol. The second kappa shape index (κ2) is 6.17. The molecule has 0 N–H and O–H groups in total. The number of fused-ring (bicyclic) bond motifs is 1. The van der Waals surface area contributed by atoms with E-state index in [1.807, 2.05) is 0 Å². The van der Waals surface area contributed by atoms with Gasteiger partial charge in [-0.05, 0) is 59.3 Å². The van der Waals surface area contributed by atoms with Crippen molar-refractivity contribution in [2.75, 3.05) is 0 Å². The van der Waals surface area contributed by atoms with Crippen molar-refractivity contribution in [1.82, 2.24) is 14.1 Å². The predicted molar refractivity (Wildman–Crippen MR) is 157 cm³/mol. The first kappa shape index (κ1) is 18.6. The minimum atomic E-state index is 1.03. The Morgan fingerprint density at radius 3 is 1.54 bits per heavy atom. The highest BCUT2D eigenvalue weighted by Gasteiger charge is 2.27. The van der Waals surface area contributed by atoms with Crippen LogP contribution in [0.4, 0.5) is 0 Å². The number of para-hydroxylation sites is 2. The molecule has 7 aromatic carbocycles. The van der Waals surface area contributed by atoms with E-state index in [-0.39, 0.29) is 0 Å². The van der Waals surface area contributed by atoms with Crippen molar-refractivity contribution in [3.63, 3.8) is 0 Å². The van der Waals surface area contributed by atoms with Gasteiger partial charge >= 0.3 is 0 Å². The molecule has 0 amide bonds. The average molecular weight is 488 g/mol. The molecule has 0 radical (unpaired) electrons. The van der Waals surface area contributed by atoms with Crippen LogP contribution in [0.1, 0.15) is 0 Å². The van der Waals surface area contributed by atoms with Crippen LogP contribution in [-0.2, 0) is 0 Å². The van der Waals surface area contributed by atoms with Crippen LogP contribution in [-0.4, -0.2) is 14.1 Å². The van der Waals surface area contributed by atoms with Crippen molar-refractivity contribution < 1.29 is 0 Å². The van der Waals surface area contributed by atoms with Gasteiger partial charge in [0.05, 0.1) is 32.3 Å². The molecule has 3 aromatic heterocycles. The van der Waals surface area contributed by atoms with Crippen LogP contribution in [0, 0.1) is 0 Å². The molecular formula is C33H17N3S. The molecule has 0 aliphatic carbocycles. The van der Waals surface area contributed by atoms with Gasteiger partial charge in [0.15, 0.2) is 5.13 Å². The van der Waals surface area contributed by atoms with Gasteiger partial charge in [0.1, 0.15) is 0 Å². The molecule has 3 nitrogen and oxygen atoms in total. The fourth-order valence-electron chi connectivity index (χ4n) is 6.83. The fraction of sp³-hybridized carbons (Fsp3) is 0. The molecule has 0 saturated carbocycles. The summed E-state index contributed by atoms with van der Waals surface area (Å²) >= 11 is 1.76. The molecule has 0 fully saturated rings. The Bertz CT molecular complexity index is 2310. The normalized spacial score (nSPS) is 12.9. The number of rotatable bonds is 2. The maximum Gasteiger partial charge on any atom is 0.195 e. The second-order valence-corrected chi connectivity index (χ2v) is 11.0. The van der Waals surface area contributed by atoms with Crippen molar-refractivity contribution in [1.29, 1.82) is 0 Å². The maximum absolute atomic E-state index is 5.08. The van der Waals surface area contributed by atoms with E-state index in [2.05, 4.69) is 112 Å². The van der Waals surface area contributed by atoms with E-state index in [1.165, 1.54) is 75.5 Å². The molecule has 0 aliphatic heterocycles. The van der Waals surface area contributed by atoms with Gasteiger partial charge in [-0.25, -0.2) is 4.98 Å². The van der Waals surface area contributed by atoms with E-state index in [0.29, 0.717) is 0 Å². The van der Waals surface area contributed by atoms with Gasteiger partial charge in [-0.2, -0.15) is 0 Å². The number of aromatic nitrogens is 3. The lowest BCUT2D eigenvalue weighted by atomic mass is 9.90. The molecule has 0 atom stereocenters. The standard InChI is InChI=1S/C33H17N3S/c1-2-6-20(7-3-1)35-22-14-10-18-12-16-24-31-27(18)29(22)30-23(35)15-11-19-13-17-25(32(31)28(19)30)36(24)33-34-21-8-4-5-9-26(21)37-33/h1-17H. The molecule has 37 heavy (non-hydrogen) atoms. The van der Waals surface area contributed by atoms with E-state index >= 15 is 0 Å². The highest BCUT2D eigenvalue weighted by atomic mass is 32.1. The topological polar surface area (TPSA) is 22.8 Å². The highest BCUT2D eigenvalue weighted by Crippen LogP contribution is 2.51. The zero-order valence-electron chi connectivity index (χ0n) is 19.6. The third-order valence-electron chi connectivity index (χ3n) is 8.24. The molecule has 3 heterocycles. The molecule has 10 rings (SSSR count). The van der Waals surface area contributed by atoms with Crippen LogP contribution in [0.5, 0.6) is 0 Å². The quantitative estimate of drug-likeness (QED) is 0.176. The van der Waals surface area contributed by atoms with Gasteiger partial charge in [0.2, 0.25) is 0 Å². The van der Waals surface area contributed by atoms with Gasteiger partial charge < -0.3 is 4.57 Å². The Hall–Kier alpha value is -4.67. The van der Waals surface area contributed by atoms with Crippen molar-refractivity contribution in [3.05, 3.63) is 103 Å². The number of thiazole rings is 1. The summed E-state index contributed by atoms with van der Waals surface area (Å²) in [5.41, 5.74) is 7.26. The fourth-order valence-corrected chi connectivity index (χ4v) is 7.82. The van der Waals surface area contributed by atoms with Gasteiger partial charge in [-0.1, -0.05) is 65.9 Å². The van der Waals surface area contributed by atoms with Gasteiger partial charge in [-0.3, -0.25) is 4.57 Å². The highest BCUT2D eigenvalue weighted by molar-refractivity contribution is 7.20. The zero-order valence-corrected chi connectivity index (χ0v) is 20.4. The third-order valence-corrected chi connectivity index (χ3v) is 9.26. The average Bonchev–Trinajstić information content (AvgIpc) is 3.62. The molecule has 0 spiro atoms. The van der Waals surface area contributed by atoms with Gasteiger partial charge in [0.25, 0.3) is 0 Å². The summed E-state index contributed by atoms with van der Waals surface area (Å²) in [5, 5.41) is 11.8. The number of hydrogen-bond donors (Lipinski definition) is 0. The van der Waals surface area contributed by atoms with Crippen LogP contribution in [0.15, 0.2) is 103 Å². The Morgan fingerprint density at radius 2 is 0.973 bits per heavy atom. The first-order chi connectivity index (χ1) is 18.4. The molecule has 0 aliphatic rings. The second-order valence-electron chi connectivity index (χ2n) is 10.0. The molecule has 0 saturated heterocycles. The van der Waals surface area contributed by atoms with E-state index in [1.54, 1.807) is 11.3 Å². The lowest BCUT2D eigenvalue weighted by Gasteiger charge is -2.11. The van der Waals surface area contributed by atoms with E-state index in [0.717, 1.165) is 10.6 Å². The predicted octanol–water partition coefficient (Wildman–Crippen LogP) is 9.11. The first-order valence-corrected chi connectivity index (χ1v) is 13.4. The molecule has 10 aromatic rings. The van der Waals surface area contributed by atoms with Crippen LogP contribution < -0.4 is 0 Å². The van der Waals surface area contributed by atoms with Crippen molar-refractivity contribution >= 4 is 86.7 Å². The number of hydrogen-bond acceptors (Lipinski definition) is 2. The molecule has 4 heteroatoms. The number of benzene rings is 7. The third kappa shape index (κ3) is 2.06. The zero-order chi connectivity index (χ0) is 23.8. The lowest BCUT2D eigenvalue weighted by Crippen LogP contribution is -1.94. The van der Waals surface area contributed by atoms with Crippen LogP contribution >= 0.6 is 11.3 Å². The summed E-state index contributed by atoms with van der Waals surface area (Å²) in [6.07, 6.45) is 0. The first-order valence-electron chi connectivity index (χ1n) is 12.6. The number of nitrogens with zero attached hydrogens (tertiary/aromatic N) is 3. The SMILES string of the molecule is c1ccc(-n2c3ccc4ccc5c6c4c3c3c4c(ccc32)ccc(c46)n5-c2nc3ccccc3s2)cc1. The summed E-state index contributed by atoms with van der Waals surface area (Å²) < 4.78 is 6.05. The monoisotopic (exact) mass is 487 g/mol. The van der Waals surface area contributed by atoms with Gasteiger partial charge in [0, 0.05) is 38.0 Å². The molecule has 0 unspecified atom stereocenters. The molecule has 0 bridgehead atoms. The molecule has 170 valence electrons. The van der Waals surface area contributed by atoms with Crippen LogP contribution in [0.25, 0.3) is 86.2 Å². The largest absolute Gasteiger partial charge is 0.309 e. The summed E-state index contributed by atoms with van der Waals surface area (Å²) in [6.45, 7) is 0. The Morgan fingerprint density at radius 1 is 0.459 bits per heavy atom. The van der Waals surface area contributed by atoms with Crippen LogP contribution in [0.2, 0.25) is 0 Å². The van der Waals surface area contributed by atoms with Crippen molar-refractivity contribution in [2.45, 2.75) is 0 Å². The summed E-state index contributed by atoms with van der Waals surface area (Å²) in [6, 6.07) is 37.5. The van der Waals surface area contributed by atoms with E-state index in [9.17, 15) is 0 Å². The summed E-state index contributed by atoms with van der Waals surface area (Å²) in [5.74, 6) is 0.